The highest BCUT2D eigenvalue weighted by atomic mass is 79.9. The van der Waals surface area contributed by atoms with Gasteiger partial charge in [-0.15, -0.1) is 0 Å². The Hall–Kier alpha value is -4.13. The van der Waals surface area contributed by atoms with Crippen molar-refractivity contribution in [2.45, 2.75) is 56.8 Å². The Kier molecular flexibility index (Phi) is 12.6. The van der Waals surface area contributed by atoms with Gasteiger partial charge in [-0.2, -0.15) is 22.0 Å². The molecule has 3 atom stereocenters. The van der Waals surface area contributed by atoms with E-state index in [1.54, 1.807) is 30.3 Å². The molecule has 0 radical (unpaired) electrons. The highest BCUT2D eigenvalue weighted by Gasteiger charge is 2.52. The summed E-state index contributed by atoms with van der Waals surface area (Å²) >= 11 is 3.40. The molecule has 0 saturated heterocycles. The van der Waals surface area contributed by atoms with Gasteiger partial charge in [0.25, 0.3) is 5.91 Å². The Labute approximate surface area is 271 Å². The van der Waals surface area contributed by atoms with E-state index < -0.39 is 66.1 Å². The number of halogens is 6. The molecule has 3 aromatic rings. The summed E-state index contributed by atoms with van der Waals surface area (Å²) in [6.45, 7) is 0.572. The van der Waals surface area contributed by atoms with E-state index in [1.165, 1.54) is 13.8 Å². The summed E-state index contributed by atoms with van der Waals surface area (Å²) in [5, 5.41) is 5.89. The molecule has 246 valence electrons. The van der Waals surface area contributed by atoms with E-state index in [4.69, 9.17) is 0 Å². The summed E-state index contributed by atoms with van der Waals surface area (Å²) in [7, 11) is 0. The van der Waals surface area contributed by atoms with Crippen LogP contribution in [0.15, 0.2) is 89.4 Å². The molecule has 13 heteroatoms. The predicted molar refractivity (Wildman–Crippen MR) is 165 cm³/mol. The molecule has 0 heterocycles. The van der Waals surface area contributed by atoms with Crippen molar-refractivity contribution in [3.8, 4) is 0 Å². The minimum absolute atomic E-state index is 0.0752. The van der Waals surface area contributed by atoms with Crippen molar-refractivity contribution < 1.29 is 41.1 Å². The van der Waals surface area contributed by atoms with Crippen molar-refractivity contribution in [1.82, 2.24) is 16.0 Å². The van der Waals surface area contributed by atoms with Crippen LogP contribution in [0.2, 0.25) is 0 Å². The summed E-state index contributed by atoms with van der Waals surface area (Å²) in [6, 6.07) is 21.8. The average molecular weight is 711 g/mol. The zero-order chi connectivity index (χ0) is 34.1. The molecule has 3 rings (SSSR count). The third-order valence-corrected chi connectivity index (χ3v) is 7.62. The van der Waals surface area contributed by atoms with E-state index in [9.17, 15) is 41.1 Å². The quantitative estimate of drug-likeness (QED) is 0.147. The van der Waals surface area contributed by atoms with E-state index >= 15 is 0 Å². The van der Waals surface area contributed by atoms with Gasteiger partial charge in [0.05, 0.1) is 6.04 Å². The number of benzene rings is 3. The van der Waals surface area contributed by atoms with Crippen LogP contribution in [0.5, 0.6) is 0 Å². The molecule has 7 nitrogen and oxygen atoms in total. The van der Waals surface area contributed by atoms with Crippen molar-refractivity contribution in [2.75, 3.05) is 6.54 Å². The molecule has 3 N–H and O–H groups in total. The molecule has 0 spiro atoms. The highest BCUT2D eigenvalue weighted by Crippen LogP contribution is 2.29. The molecule has 0 fully saturated rings. The van der Waals surface area contributed by atoms with E-state index in [0.717, 1.165) is 20.9 Å². The first-order valence-electron chi connectivity index (χ1n) is 14.3. The lowest BCUT2D eigenvalue weighted by atomic mass is 9.88. The number of Topliss-reactive ketones (excluding diaryl/α,β-unsaturated/α-hetero) is 1. The number of hydrogen-bond acceptors (Lipinski definition) is 4. The number of hydrogen-bond donors (Lipinski definition) is 3. The average Bonchev–Trinajstić information content (AvgIpc) is 3.01. The second-order valence-electron chi connectivity index (χ2n) is 11.0. The van der Waals surface area contributed by atoms with Crippen LogP contribution in [0.3, 0.4) is 0 Å². The van der Waals surface area contributed by atoms with Crippen LogP contribution in [0.25, 0.3) is 0 Å². The van der Waals surface area contributed by atoms with Crippen molar-refractivity contribution in [3.05, 3.63) is 106 Å². The predicted octanol–water partition coefficient (Wildman–Crippen LogP) is 5.72. The number of carbonyl (C=O) groups excluding carboxylic acids is 4. The van der Waals surface area contributed by atoms with Crippen molar-refractivity contribution in [1.29, 1.82) is 0 Å². The number of ketones is 1. The molecule has 3 aromatic carbocycles. The van der Waals surface area contributed by atoms with Gasteiger partial charge in [0.15, 0.2) is 0 Å². The standard InChI is InChI=1S/C33H33BrF5N3O4/c1-20(2)28(29(44)33(38,39)31(46)40-19-32(35,36)37)42-30(45)26(17-21-9-5-3-6-10-21)41-27(43)18-25(22-11-7-4-8-12-22)23-13-15-24(34)16-14-23/h3-16,20,25-26,28H,17-19H2,1-2H3,(H,40,46)(H,41,43)(H,42,45)/t25?,26-,28-/m0/s1. The topological polar surface area (TPSA) is 104 Å². The van der Waals surface area contributed by atoms with E-state index in [2.05, 4.69) is 26.6 Å². The summed E-state index contributed by atoms with van der Waals surface area (Å²) in [4.78, 5) is 51.7. The maximum Gasteiger partial charge on any atom is 0.405 e. The Morgan fingerprint density at radius 2 is 1.30 bits per heavy atom. The van der Waals surface area contributed by atoms with Gasteiger partial charge in [-0.25, -0.2) is 0 Å². The fourth-order valence-electron chi connectivity index (χ4n) is 4.69. The minimum atomic E-state index is -4.99. The molecule has 0 aliphatic heterocycles. The first kappa shape index (κ1) is 36.3. The molecule has 0 bridgehead atoms. The first-order chi connectivity index (χ1) is 21.6. The molecular formula is C33H33BrF5N3O4. The molecule has 0 aliphatic carbocycles. The molecule has 0 aliphatic rings. The lowest BCUT2D eigenvalue weighted by Gasteiger charge is -2.28. The third kappa shape index (κ3) is 10.5. The number of nitrogens with one attached hydrogen (secondary N) is 3. The lowest BCUT2D eigenvalue weighted by molar-refractivity contribution is -0.165. The Balaban J connectivity index is 1.85. The molecule has 0 aromatic heterocycles. The summed E-state index contributed by atoms with van der Waals surface area (Å²) < 4.78 is 67.8. The molecule has 46 heavy (non-hydrogen) atoms. The zero-order valence-electron chi connectivity index (χ0n) is 24.9. The Morgan fingerprint density at radius 3 is 1.85 bits per heavy atom. The fraction of sp³-hybridized carbons (Fsp3) is 0.333. The largest absolute Gasteiger partial charge is 0.405 e. The van der Waals surface area contributed by atoms with Gasteiger partial charge in [0, 0.05) is 23.2 Å². The third-order valence-electron chi connectivity index (χ3n) is 7.09. The normalized spacial score (nSPS) is 13.8. The van der Waals surface area contributed by atoms with Crippen molar-refractivity contribution in [3.63, 3.8) is 0 Å². The van der Waals surface area contributed by atoms with Gasteiger partial charge < -0.3 is 16.0 Å². The lowest BCUT2D eigenvalue weighted by Crippen LogP contribution is -2.59. The van der Waals surface area contributed by atoms with Gasteiger partial charge in [-0.3, -0.25) is 19.2 Å². The maximum absolute atomic E-state index is 14.7. The molecular weight excluding hydrogens is 677 g/mol. The van der Waals surface area contributed by atoms with Crippen LogP contribution in [0.1, 0.15) is 42.9 Å². The van der Waals surface area contributed by atoms with E-state index in [1.807, 2.05) is 54.6 Å². The van der Waals surface area contributed by atoms with E-state index in [0.29, 0.717) is 5.56 Å². The van der Waals surface area contributed by atoms with Gasteiger partial charge in [-0.1, -0.05) is 103 Å². The second-order valence-corrected chi connectivity index (χ2v) is 11.9. The highest BCUT2D eigenvalue weighted by molar-refractivity contribution is 9.10. The van der Waals surface area contributed by atoms with Crippen LogP contribution >= 0.6 is 15.9 Å². The first-order valence-corrected chi connectivity index (χ1v) is 15.1. The number of rotatable bonds is 14. The molecule has 0 saturated carbocycles. The Bertz CT molecular complexity index is 1490. The fourth-order valence-corrected chi connectivity index (χ4v) is 4.96. The van der Waals surface area contributed by atoms with Gasteiger partial charge in [0.1, 0.15) is 12.6 Å². The van der Waals surface area contributed by atoms with E-state index in [-0.39, 0.29) is 12.8 Å². The zero-order valence-corrected chi connectivity index (χ0v) is 26.5. The smallest absolute Gasteiger partial charge is 0.344 e. The molecule has 1 unspecified atom stereocenters. The van der Waals surface area contributed by atoms with Crippen molar-refractivity contribution in [2.24, 2.45) is 5.92 Å². The molecule has 3 amide bonds. The minimum Gasteiger partial charge on any atom is -0.344 e. The summed E-state index contributed by atoms with van der Waals surface area (Å²) in [5.41, 5.74) is 2.27. The SMILES string of the molecule is CC(C)[C@H](NC(=O)[C@H](Cc1ccccc1)NC(=O)CC(c1ccccc1)c1ccc(Br)cc1)C(=O)C(F)(F)C(=O)NCC(F)(F)F. The van der Waals surface area contributed by atoms with Crippen LogP contribution in [0, 0.1) is 5.92 Å². The van der Waals surface area contributed by atoms with Crippen LogP contribution in [-0.4, -0.2) is 54.2 Å². The number of carbonyl (C=O) groups is 4. The van der Waals surface area contributed by atoms with Crippen LogP contribution in [0.4, 0.5) is 22.0 Å². The second kappa shape index (κ2) is 15.9. The van der Waals surface area contributed by atoms with Gasteiger partial charge >= 0.3 is 12.1 Å². The van der Waals surface area contributed by atoms with Crippen molar-refractivity contribution >= 4 is 39.4 Å². The van der Waals surface area contributed by atoms with Gasteiger partial charge in [-0.05, 0) is 34.7 Å². The maximum atomic E-state index is 14.7. The van der Waals surface area contributed by atoms with Crippen LogP contribution in [-0.2, 0) is 25.6 Å². The number of amides is 3. The Morgan fingerprint density at radius 1 is 0.761 bits per heavy atom. The summed E-state index contributed by atoms with van der Waals surface area (Å²) in [5.74, 6) is -12.3. The van der Waals surface area contributed by atoms with Crippen LogP contribution < -0.4 is 16.0 Å². The summed E-state index contributed by atoms with van der Waals surface area (Å²) in [6.07, 6.45) is -5.15. The monoisotopic (exact) mass is 709 g/mol. The number of alkyl halides is 5. The van der Waals surface area contributed by atoms with Gasteiger partial charge in [0.2, 0.25) is 17.6 Å².